The van der Waals surface area contributed by atoms with Gasteiger partial charge in [0, 0.05) is 18.5 Å². The predicted octanol–water partition coefficient (Wildman–Crippen LogP) is 5.26. The van der Waals surface area contributed by atoms with Crippen LogP contribution in [0.2, 0.25) is 0 Å². The largest absolute Gasteiger partial charge is 0.491 e. The molecule has 3 aromatic rings. The topological polar surface area (TPSA) is 124 Å². The van der Waals surface area contributed by atoms with Gasteiger partial charge in [0.15, 0.2) is 0 Å². The van der Waals surface area contributed by atoms with Crippen LogP contribution in [0.25, 0.3) is 10.8 Å². The zero-order valence-corrected chi connectivity index (χ0v) is 24.5. The number of halogens is 2. The molecule has 0 aliphatic carbocycles. The van der Waals surface area contributed by atoms with Gasteiger partial charge in [-0.1, -0.05) is 24.3 Å². The van der Waals surface area contributed by atoms with Gasteiger partial charge in [-0.15, -0.1) is 24.8 Å². The minimum atomic E-state index is -3.53. The lowest BCUT2D eigenvalue weighted by molar-refractivity contribution is 0.226. The number of nitrogens with one attached hydrogen (secondary N) is 2. The van der Waals surface area contributed by atoms with E-state index in [-0.39, 0.29) is 48.5 Å². The molecule has 0 aromatic heterocycles. The number of anilines is 1. The molecule has 0 radical (unpaired) electrons. The first kappa shape index (κ1) is 30.5. The monoisotopic (exact) mass is 591 g/mol. The molecule has 210 valence electrons. The number of amidine groups is 2. The van der Waals surface area contributed by atoms with E-state index >= 15 is 0 Å². The molecule has 39 heavy (non-hydrogen) atoms. The highest BCUT2D eigenvalue weighted by Gasteiger charge is 2.38. The molecule has 0 saturated carbocycles. The molecule has 2 heterocycles. The van der Waals surface area contributed by atoms with E-state index < -0.39 is 10.0 Å². The highest BCUT2D eigenvalue weighted by atomic mass is 35.5. The predicted molar refractivity (Wildman–Crippen MR) is 163 cm³/mol. The Kier molecular flexibility index (Phi) is 9.41. The lowest BCUT2D eigenvalue weighted by Gasteiger charge is -2.27. The fourth-order valence-electron chi connectivity index (χ4n) is 5.51. The van der Waals surface area contributed by atoms with E-state index in [9.17, 15) is 8.42 Å². The molecule has 8 nitrogen and oxygen atoms in total. The van der Waals surface area contributed by atoms with E-state index in [0.29, 0.717) is 35.9 Å². The summed E-state index contributed by atoms with van der Waals surface area (Å²) in [6.07, 6.45) is 2.59. The van der Waals surface area contributed by atoms with Gasteiger partial charge in [-0.2, -0.15) is 0 Å². The number of ether oxygens (including phenoxy) is 1. The highest BCUT2D eigenvalue weighted by Crippen LogP contribution is 2.44. The Hall–Kier alpha value is -3.01. The van der Waals surface area contributed by atoms with Crippen LogP contribution < -0.4 is 14.8 Å². The molecule has 0 amide bonds. The first-order valence-corrected chi connectivity index (χ1v) is 14.3. The van der Waals surface area contributed by atoms with E-state index in [1.165, 1.54) is 0 Å². The molecule has 3 aromatic carbocycles. The summed E-state index contributed by atoms with van der Waals surface area (Å²) in [6, 6.07) is 17.1. The molecule has 1 fully saturated rings. The first-order valence-electron chi connectivity index (χ1n) is 12.7. The fourth-order valence-corrected chi connectivity index (χ4v) is 6.85. The van der Waals surface area contributed by atoms with E-state index in [2.05, 4.69) is 4.90 Å². The van der Waals surface area contributed by atoms with Gasteiger partial charge in [-0.3, -0.25) is 15.1 Å². The maximum absolute atomic E-state index is 13.3. The van der Waals surface area contributed by atoms with Gasteiger partial charge in [0.2, 0.25) is 10.0 Å². The molecule has 4 N–H and O–H groups in total. The molecule has 1 saturated heterocycles. The standard InChI is InChI=1S/C28H33N5O3S.2ClH/c1-3-37(34,35)33-26-11-10-25(36-17-24-5-4-12-32(24)18(2)29)15-23(26)16-27(33)20-8-6-19-7-9-21(28(30)31)14-22(19)13-20;;/h6-11,13-15,24,27,29H,3-5,12,16-17H2,1-2H3,(H3,30,31);2*1H/t24-,27-;;/m1../s1. The molecule has 5 rings (SSSR count). The lowest BCUT2D eigenvalue weighted by Crippen LogP contribution is -2.37. The van der Waals surface area contributed by atoms with Crippen LogP contribution in [0.15, 0.2) is 54.6 Å². The third-order valence-corrected chi connectivity index (χ3v) is 9.24. The number of fused-ring (bicyclic) bond motifs is 2. The van der Waals surface area contributed by atoms with Crippen molar-refractivity contribution in [3.63, 3.8) is 0 Å². The summed E-state index contributed by atoms with van der Waals surface area (Å²) in [5, 5.41) is 17.7. The molecule has 0 spiro atoms. The van der Waals surface area contributed by atoms with Crippen LogP contribution in [0, 0.1) is 10.8 Å². The van der Waals surface area contributed by atoms with E-state index in [1.807, 2.05) is 61.5 Å². The van der Waals surface area contributed by atoms with Crippen molar-refractivity contribution < 1.29 is 13.2 Å². The Morgan fingerprint density at radius 3 is 2.49 bits per heavy atom. The number of rotatable bonds is 7. The molecule has 2 atom stereocenters. The van der Waals surface area contributed by atoms with Gasteiger partial charge in [-0.25, -0.2) is 8.42 Å². The van der Waals surface area contributed by atoms with Crippen LogP contribution in [0.1, 0.15) is 49.4 Å². The first-order chi connectivity index (χ1) is 17.7. The average molecular weight is 593 g/mol. The van der Waals surface area contributed by atoms with E-state index in [1.54, 1.807) is 11.2 Å². The molecule has 11 heteroatoms. The van der Waals surface area contributed by atoms with Crippen molar-refractivity contribution >= 4 is 63.0 Å². The van der Waals surface area contributed by atoms with Gasteiger partial charge in [-0.05, 0) is 78.9 Å². The Balaban J connectivity index is 0.00000210. The molecule has 0 bridgehead atoms. The van der Waals surface area contributed by atoms with Gasteiger partial charge in [0.25, 0.3) is 0 Å². The minimum absolute atomic E-state index is 0. The van der Waals surface area contributed by atoms with Gasteiger partial charge >= 0.3 is 0 Å². The second-order valence-electron chi connectivity index (χ2n) is 9.83. The normalized spacial score (nSPS) is 18.3. The summed E-state index contributed by atoms with van der Waals surface area (Å²) >= 11 is 0. The fraction of sp³-hybridized carbons (Fsp3) is 0.357. The molecule has 0 unspecified atom stereocenters. The van der Waals surface area contributed by atoms with E-state index in [0.717, 1.165) is 41.3 Å². The summed E-state index contributed by atoms with van der Waals surface area (Å²) in [5.74, 6) is 1.28. The Labute approximate surface area is 242 Å². The summed E-state index contributed by atoms with van der Waals surface area (Å²) in [5.41, 5.74) is 8.85. The quantitative estimate of drug-likeness (QED) is 0.255. The molecule has 2 aliphatic rings. The zero-order valence-electron chi connectivity index (χ0n) is 22.0. The van der Waals surface area contributed by atoms with Crippen LogP contribution in [0.3, 0.4) is 0 Å². The third kappa shape index (κ3) is 5.95. The van der Waals surface area contributed by atoms with Crippen molar-refractivity contribution in [3.8, 4) is 5.75 Å². The van der Waals surface area contributed by atoms with Crippen molar-refractivity contribution in [1.82, 2.24) is 4.90 Å². The second kappa shape index (κ2) is 12.0. The van der Waals surface area contributed by atoms with Crippen molar-refractivity contribution in [2.75, 3.05) is 23.2 Å². The molecule has 2 aliphatic heterocycles. The van der Waals surface area contributed by atoms with Gasteiger partial charge in [0.1, 0.15) is 18.2 Å². The number of benzene rings is 3. The number of likely N-dealkylation sites (tertiary alicyclic amines) is 1. The number of hydrogen-bond acceptors (Lipinski definition) is 5. The second-order valence-corrected chi connectivity index (χ2v) is 12.0. The van der Waals surface area contributed by atoms with Crippen molar-refractivity contribution in [3.05, 3.63) is 71.3 Å². The Bertz CT molecular complexity index is 1500. The summed E-state index contributed by atoms with van der Waals surface area (Å²) in [6.45, 7) is 4.86. The number of sulfonamides is 1. The minimum Gasteiger partial charge on any atom is -0.491 e. The number of nitrogen functional groups attached to an aromatic ring is 1. The van der Waals surface area contributed by atoms with Crippen molar-refractivity contribution in [1.29, 1.82) is 10.8 Å². The number of hydrogen-bond donors (Lipinski definition) is 3. The van der Waals surface area contributed by atoms with Crippen LogP contribution >= 0.6 is 24.8 Å². The van der Waals surface area contributed by atoms with Gasteiger partial charge < -0.3 is 15.4 Å². The van der Waals surface area contributed by atoms with Crippen LogP contribution in [0.5, 0.6) is 5.75 Å². The summed E-state index contributed by atoms with van der Waals surface area (Å²) < 4.78 is 34.2. The van der Waals surface area contributed by atoms with Crippen LogP contribution in [0.4, 0.5) is 5.69 Å². The van der Waals surface area contributed by atoms with Crippen LogP contribution in [-0.2, 0) is 16.4 Å². The van der Waals surface area contributed by atoms with E-state index in [4.69, 9.17) is 21.3 Å². The molecular weight excluding hydrogens is 557 g/mol. The SMILES string of the molecule is CCS(=O)(=O)N1c2ccc(OC[C@H]3CCCN3C(C)=N)cc2C[C@@H]1c1ccc2ccc(C(=N)N)cc2c1.Cl.Cl. The summed E-state index contributed by atoms with van der Waals surface area (Å²) in [7, 11) is -3.53. The Morgan fingerprint density at radius 2 is 1.79 bits per heavy atom. The molecular formula is C28H35Cl2N5O3S. The smallest absolute Gasteiger partial charge is 0.235 e. The zero-order chi connectivity index (χ0) is 26.3. The number of nitrogens with zero attached hydrogens (tertiary/aromatic N) is 2. The summed E-state index contributed by atoms with van der Waals surface area (Å²) in [4.78, 5) is 2.08. The lowest BCUT2D eigenvalue weighted by atomic mass is 9.98. The average Bonchev–Trinajstić information content (AvgIpc) is 3.51. The maximum atomic E-state index is 13.3. The Morgan fingerprint density at radius 1 is 1.05 bits per heavy atom. The highest BCUT2D eigenvalue weighted by molar-refractivity contribution is 7.92. The van der Waals surface area contributed by atoms with Crippen LogP contribution in [-0.4, -0.2) is 49.9 Å². The van der Waals surface area contributed by atoms with Crippen molar-refractivity contribution in [2.24, 2.45) is 5.73 Å². The van der Waals surface area contributed by atoms with Gasteiger partial charge in [0.05, 0.1) is 29.4 Å². The maximum Gasteiger partial charge on any atom is 0.235 e. The van der Waals surface area contributed by atoms with Crippen molar-refractivity contribution in [2.45, 2.75) is 45.2 Å². The third-order valence-electron chi connectivity index (χ3n) is 7.46. The number of nitrogens with two attached hydrogens (primary N) is 1.